The molecular formula is C16H25NO. The van der Waals surface area contributed by atoms with E-state index in [-0.39, 0.29) is 12.1 Å². The second-order valence-corrected chi connectivity index (χ2v) is 4.61. The van der Waals surface area contributed by atoms with Crippen molar-refractivity contribution in [2.75, 3.05) is 13.2 Å². The Hall–Kier alpha value is -1.12. The van der Waals surface area contributed by atoms with E-state index < -0.39 is 0 Å². The molecule has 0 aliphatic rings. The van der Waals surface area contributed by atoms with Crippen molar-refractivity contribution in [2.24, 2.45) is 0 Å². The van der Waals surface area contributed by atoms with Crippen molar-refractivity contribution in [3.05, 3.63) is 47.5 Å². The van der Waals surface area contributed by atoms with Gasteiger partial charge in [0.25, 0.3) is 0 Å². The van der Waals surface area contributed by atoms with Gasteiger partial charge in [-0.3, -0.25) is 0 Å². The van der Waals surface area contributed by atoms with Crippen molar-refractivity contribution in [3.8, 4) is 0 Å². The Bertz CT molecular complexity index is 355. The minimum atomic E-state index is 0.0750. The van der Waals surface area contributed by atoms with E-state index in [4.69, 9.17) is 4.74 Å². The van der Waals surface area contributed by atoms with E-state index in [1.165, 1.54) is 11.1 Å². The van der Waals surface area contributed by atoms with Crippen LogP contribution in [0.2, 0.25) is 0 Å². The van der Waals surface area contributed by atoms with Gasteiger partial charge in [0.05, 0.1) is 6.04 Å². The number of nitrogens with one attached hydrogen (secondary N) is 1. The van der Waals surface area contributed by atoms with Crippen molar-refractivity contribution >= 4 is 0 Å². The van der Waals surface area contributed by atoms with Crippen LogP contribution in [0.1, 0.15) is 39.4 Å². The third-order valence-electron chi connectivity index (χ3n) is 2.75. The van der Waals surface area contributed by atoms with Gasteiger partial charge in [-0.25, -0.2) is 0 Å². The molecule has 2 unspecified atom stereocenters. The van der Waals surface area contributed by atoms with E-state index in [1.807, 2.05) is 13.0 Å². The van der Waals surface area contributed by atoms with Gasteiger partial charge in [0, 0.05) is 6.61 Å². The molecule has 1 N–H and O–H groups in total. The highest BCUT2D eigenvalue weighted by atomic mass is 16.5. The lowest BCUT2D eigenvalue weighted by Crippen LogP contribution is -2.34. The van der Waals surface area contributed by atoms with Crippen LogP contribution in [-0.2, 0) is 4.74 Å². The van der Waals surface area contributed by atoms with Crippen LogP contribution in [0, 0.1) is 0 Å². The average Bonchev–Trinajstić information content (AvgIpc) is 2.36. The van der Waals surface area contributed by atoms with Gasteiger partial charge in [-0.2, -0.15) is 0 Å². The summed E-state index contributed by atoms with van der Waals surface area (Å²) in [5.74, 6) is 0. The summed E-state index contributed by atoms with van der Waals surface area (Å²) >= 11 is 0. The van der Waals surface area contributed by atoms with Crippen LogP contribution in [0.4, 0.5) is 0 Å². The summed E-state index contributed by atoms with van der Waals surface area (Å²) in [4.78, 5) is 0. The number of benzene rings is 1. The maximum atomic E-state index is 5.94. The Morgan fingerprint density at radius 2 is 1.89 bits per heavy atom. The summed E-state index contributed by atoms with van der Waals surface area (Å²) in [6.45, 7) is 10.1. The van der Waals surface area contributed by atoms with E-state index in [0.29, 0.717) is 0 Å². The number of hydrogen-bond acceptors (Lipinski definition) is 2. The molecule has 0 spiro atoms. The molecule has 0 amide bonds. The maximum absolute atomic E-state index is 5.94. The van der Waals surface area contributed by atoms with Crippen LogP contribution < -0.4 is 5.32 Å². The second kappa shape index (κ2) is 8.06. The van der Waals surface area contributed by atoms with Crippen LogP contribution >= 0.6 is 0 Å². The zero-order valence-electron chi connectivity index (χ0n) is 11.9. The zero-order chi connectivity index (χ0) is 13.4. The first kappa shape index (κ1) is 14.9. The Balaban J connectivity index is 2.96. The number of ether oxygens (including phenoxy) is 1. The van der Waals surface area contributed by atoms with E-state index >= 15 is 0 Å². The molecule has 2 atom stereocenters. The molecule has 2 nitrogen and oxygen atoms in total. The minimum absolute atomic E-state index is 0.0750. The molecule has 0 radical (unpaired) electrons. The third kappa shape index (κ3) is 4.63. The molecule has 1 aromatic carbocycles. The van der Waals surface area contributed by atoms with Crippen molar-refractivity contribution < 1.29 is 4.74 Å². The number of rotatable bonds is 7. The van der Waals surface area contributed by atoms with E-state index in [1.54, 1.807) is 0 Å². The van der Waals surface area contributed by atoms with Crippen molar-refractivity contribution in [2.45, 2.75) is 39.8 Å². The Morgan fingerprint density at radius 3 is 2.39 bits per heavy atom. The second-order valence-electron chi connectivity index (χ2n) is 4.61. The predicted molar refractivity (Wildman–Crippen MR) is 77.7 cm³/mol. The molecule has 0 aromatic heterocycles. The van der Waals surface area contributed by atoms with E-state index in [0.717, 1.165) is 13.2 Å². The smallest absolute Gasteiger partial charge is 0.101 e. The van der Waals surface area contributed by atoms with Gasteiger partial charge in [0.15, 0.2) is 0 Å². The number of likely N-dealkylation sites (N-methyl/N-ethyl adjacent to an activating group) is 1. The fraction of sp³-hybridized carbons (Fsp3) is 0.500. The highest BCUT2D eigenvalue weighted by Crippen LogP contribution is 2.22. The Morgan fingerprint density at radius 1 is 1.22 bits per heavy atom. The lowest BCUT2D eigenvalue weighted by molar-refractivity contribution is 0.0452. The summed E-state index contributed by atoms with van der Waals surface area (Å²) < 4.78 is 5.94. The molecule has 0 fully saturated rings. The van der Waals surface area contributed by atoms with Gasteiger partial charge in [-0.1, -0.05) is 48.9 Å². The first-order chi connectivity index (χ1) is 8.69. The molecule has 0 saturated heterocycles. The quantitative estimate of drug-likeness (QED) is 0.742. The van der Waals surface area contributed by atoms with Crippen LogP contribution in [-0.4, -0.2) is 19.2 Å². The third-order valence-corrected chi connectivity index (χ3v) is 2.75. The SMILES string of the molecule is CCNC(C=C(C)C)C(OCC)c1ccccc1. The molecule has 18 heavy (non-hydrogen) atoms. The first-order valence-corrected chi connectivity index (χ1v) is 6.74. The lowest BCUT2D eigenvalue weighted by atomic mass is 10.00. The van der Waals surface area contributed by atoms with Crippen LogP contribution in [0.5, 0.6) is 0 Å². The molecule has 1 aromatic rings. The number of allylic oxidation sites excluding steroid dienone is 1. The molecule has 100 valence electrons. The molecule has 2 heteroatoms. The maximum Gasteiger partial charge on any atom is 0.101 e. The van der Waals surface area contributed by atoms with Gasteiger partial charge in [0.2, 0.25) is 0 Å². The topological polar surface area (TPSA) is 21.3 Å². The van der Waals surface area contributed by atoms with Gasteiger partial charge in [-0.15, -0.1) is 0 Å². The summed E-state index contributed by atoms with van der Waals surface area (Å²) in [5, 5.41) is 3.50. The summed E-state index contributed by atoms with van der Waals surface area (Å²) in [7, 11) is 0. The fourth-order valence-corrected chi connectivity index (χ4v) is 2.08. The summed E-state index contributed by atoms with van der Waals surface area (Å²) in [6, 6.07) is 10.6. The van der Waals surface area contributed by atoms with Gasteiger partial charge < -0.3 is 10.1 Å². The monoisotopic (exact) mass is 247 g/mol. The molecule has 0 saturated carbocycles. The number of hydrogen-bond donors (Lipinski definition) is 1. The molecule has 0 heterocycles. The summed E-state index contributed by atoms with van der Waals surface area (Å²) in [5.41, 5.74) is 2.53. The normalized spacial score (nSPS) is 14.0. The average molecular weight is 247 g/mol. The molecule has 0 bridgehead atoms. The van der Waals surface area contributed by atoms with Crippen molar-refractivity contribution in [3.63, 3.8) is 0 Å². The highest BCUT2D eigenvalue weighted by molar-refractivity contribution is 5.22. The van der Waals surface area contributed by atoms with Crippen molar-refractivity contribution in [1.82, 2.24) is 5.32 Å². The van der Waals surface area contributed by atoms with Crippen LogP contribution in [0.25, 0.3) is 0 Å². The Labute approximate surface area is 111 Å². The molecule has 0 aliphatic carbocycles. The summed E-state index contributed by atoms with van der Waals surface area (Å²) in [6.07, 6.45) is 2.32. The standard InChI is InChI=1S/C16H25NO/c1-5-17-15(12-13(3)4)16(18-6-2)14-10-8-7-9-11-14/h7-12,15-17H,5-6H2,1-4H3. The fourth-order valence-electron chi connectivity index (χ4n) is 2.08. The van der Waals surface area contributed by atoms with E-state index in [2.05, 4.69) is 56.4 Å². The van der Waals surface area contributed by atoms with Crippen LogP contribution in [0.3, 0.4) is 0 Å². The Kier molecular flexibility index (Phi) is 6.69. The van der Waals surface area contributed by atoms with Gasteiger partial charge in [0.1, 0.15) is 6.10 Å². The molecule has 0 aliphatic heterocycles. The largest absolute Gasteiger partial charge is 0.372 e. The van der Waals surface area contributed by atoms with Crippen molar-refractivity contribution in [1.29, 1.82) is 0 Å². The first-order valence-electron chi connectivity index (χ1n) is 6.74. The molecule has 1 rings (SSSR count). The zero-order valence-corrected chi connectivity index (χ0v) is 11.9. The highest BCUT2D eigenvalue weighted by Gasteiger charge is 2.20. The van der Waals surface area contributed by atoms with Gasteiger partial charge >= 0.3 is 0 Å². The minimum Gasteiger partial charge on any atom is -0.372 e. The molecular weight excluding hydrogens is 222 g/mol. The van der Waals surface area contributed by atoms with Gasteiger partial charge in [-0.05, 0) is 32.9 Å². The van der Waals surface area contributed by atoms with E-state index in [9.17, 15) is 0 Å². The van der Waals surface area contributed by atoms with Crippen LogP contribution in [0.15, 0.2) is 42.0 Å². The predicted octanol–water partition coefficient (Wildman–Crippen LogP) is 3.71. The lowest BCUT2D eigenvalue weighted by Gasteiger charge is -2.26.